The molecule has 3 aromatic carbocycles. The monoisotopic (exact) mass is 373 g/mol. The number of benzene rings is 3. The van der Waals surface area contributed by atoms with Crippen molar-refractivity contribution in [1.29, 1.82) is 0 Å². The first-order valence-electron chi connectivity index (χ1n) is 9.94. The summed E-state index contributed by atoms with van der Waals surface area (Å²) in [5, 5.41) is 5.55. The number of carbonyl (C=O) groups is 1. The summed E-state index contributed by atoms with van der Waals surface area (Å²) in [7, 11) is 2.15. The van der Waals surface area contributed by atoms with E-state index < -0.39 is 0 Å². The van der Waals surface area contributed by atoms with Gasteiger partial charge in [-0.25, -0.2) is 0 Å². The Labute approximate surface area is 166 Å². The molecule has 0 bridgehead atoms. The molecule has 4 nitrogen and oxygen atoms in total. The number of carbonyl (C=O) groups excluding carboxylic acids is 1. The van der Waals surface area contributed by atoms with Crippen LogP contribution < -0.4 is 10.2 Å². The van der Waals surface area contributed by atoms with E-state index in [1.54, 1.807) is 0 Å². The lowest BCUT2D eigenvalue weighted by atomic mass is 9.99. The third kappa shape index (κ3) is 3.87. The maximum absolute atomic E-state index is 12.9. The molecule has 1 N–H and O–H groups in total. The van der Waals surface area contributed by atoms with Gasteiger partial charge in [-0.05, 0) is 48.5 Å². The average molecular weight is 374 g/mol. The van der Waals surface area contributed by atoms with Gasteiger partial charge in [-0.2, -0.15) is 0 Å². The van der Waals surface area contributed by atoms with Crippen molar-refractivity contribution < 1.29 is 4.79 Å². The van der Waals surface area contributed by atoms with Crippen molar-refractivity contribution in [2.75, 3.05) is 38.1 Å². The van der Waals surface area contributed by atoms with Crippen molar-refractivity contribution in [1.82, 2.24) is 10.2 Å². The summed E-state index contributed by atoms with van der Waals surface area (Å²) >= 11 is 0. The van der Waals surface area contributed by atoms with Gasteiger partial charge in [0.1, 0.15) is 0 Å². The lowest BCUT2D eigenvalue weighted by Crippen LogP contribution is -2.44. The van der Waals surface area contributed by atoms with E-state index in [0.717, 1.165) is 37.4 Å². The molecule has 0 aliphatic carbocycles. The van der Waals surface area contributed by atoms with E-state index in [1.165, 1.54) is 10.8 Å². The molecule has 1 heterocycles. The van der Waals surface area contributed by atoms with Crippen molar-refractivity contribution >= 4 is 22.4 Å². The topological polar surface area (TPSA) is 35.6 Å². The zero-order chi connectivity index (χ0) is 19.5. The standard InChI is InChI=1S/C24H27N3O/c1-18(22-12-6-8-19-7-3-4-11-23(19)22)25-24(28)20-9-5-10-21(17-20)27-15-13-26(2)14-16-27/h3-12,17-18H,13-16H2,1-2H3,(H,25,28)/t18-/m1/s1. The Balaban J connectivity index is 1.51. The van der Waals surface area contributed by atoms with Crippen LogP contribution in [0.15, 0.2) is 66.7 Å². The van der Waals surface area contributed by atoms with Gasteiger partial charge in [-0.3, -0.25) is 4.79 Å². The lowest BCUT2D eigenvalue weighted by molar-refractivity contribution is 0.0940. The molecule has 0 spiro atoms. The molecular weight excluding hydrogens is 346 g/mol. The van der Waals surface area contributed by atoms with Gasteiger partial charge in [0.15, 0.2) is 0 Å². The van der Waals surface area contributed by atoms with Gasteiger partial charge in [-0.1, -0.05) is 48.5 Å². The maximum Gasteiger partial charge on any atom is 0.251 e. The zero-order valence-corrected chi connectivity index (χ0v) is 16.6. The number of piperazine rings is 1. The van der Waals surface area contributed by atoms with Crippen LogP contribution >= 0.6 is 0 Å². The minimum Gasteiger partial charge on any atom is -0.369 e. The minimum absolute atomic E-state index is 0.0311. The highest BCUT2D eigenvalue weighted by atomic mass is 16.1. The van der Waals surface area contributed by atoms with E-state index in [0.29, 0.717) is 5.56 Å². The van der Waals surface area contributed by atoms with Crippen molar-refractivity contribution in [2.45, 2.75) is 13.0 Å². The van der Waals surface area contributed by atoms with Crippen LogP contribution in [0.4, 0.5) is 5.69 Å². The fraction of sp³-hybridized carbons (Fsp3) is 0.292. The number of hydrogen-bond acceptors (Lipinski definition) is 3. The van der Waals surface area contributed by atoms with E-state index in [1.807, 2.05) is 43.3 Å². The van der Waals surface area contributed by atoms with Gasteiger partial charge in [0.05, 0.1) is 6.04 Å². The zero-order valence-electron chi connectivity index (χ0n) is 16.6. The molecule has 1 aliphatic heterocycles. The number of nitrogens with zero attached hydrogens (tertiary/aromatic N) is 2. The summed E-state index contributed by atoms with van der Waals surface area (Å²) < 4.78 is 0. The molecule has 0 aromatic heterocycles. The Hall–Kier alpha value is -2.85. The fourth-order valence-electron chi connectivity index (χ4n) is 3.89. The van der Waals surface area contributed by atoms with Crippen LogP contribution in [0.25, 0.3) is 10.8 Å². The van der Waals surface area contributed by atoms with Crippen molar-refractivity contribution in [2.24, 2.45) is 0 Å². The summed E-state index contributed by atoms with van der Waals surface area (Å²) in [5.41, 5.74) is 2.98. The normalized spacial score (nSPS) is 16.1. The van der Waals surface area contributed by atoms with Gasteiger partial charge >= 0.3 is 0 Å². The Morgan fingerprint density at radius 1 is 0.929 bits per heavy atom. The number of amides is 1. The molecule has 0 saturated carbocycles. The molecule has 4 rings (SSSR count). The second-order valence-corrected chi connectivity index (χ2v) is 7.60. The number of nitrogens with one attached hydrogen (secondary N) is 1. The van der Waals surface area contributed by atoms with Crippen LogP contribution in [0.5, 0.6) is 0 Å². The van der Waals surface area contributed by atoms with Crippen LogP contribution in [-0.4, -0.2) is 44.0 Å². The van der Waals surface area contributed by atoms with Crippen molar-refractivity contribution in [3.63, 3.8) is 0 Å². The highest BCUT2D eigenvalue weighted by Gasteiger charge is 2.17. The predicted octanol–water partition coefficient (Wildman–Crippen LogP) is 4.08. The summed E-state index contributed by atoms with van der Waals surface area (Å²) in [6.45, 7) is 6.13. The first-order chi connectivity index (χ1) is 13.6. The van der Waals surface area contributed by atoms with E-state index >= 15 is 0 Å². The van der Waals surface area contributed by atoms with Crippen LogP contribution in [-0.2, 0) is 0 Å². The molecule has 1 atom stereocenters. The quantitative estimate of drug-likeness (QED) is 0.748. The largest absolute Gasteiger partial charge is 0.369 e. The molecule has 0 radical (unpaired) electrons. The highest BCUT2D eigenvalue weighted by Crippen LogP contribution is 2.25. The Morgan fingerprint density at radius 2 is 1.64 bits per heavy atom. The van der Waals surface area contributed by atoms with E-state index in [4.69, 9.17) is 0 Å². The number of rotatable bonds is 4. The number of fused-ring (bicyclic) bond motifs is 1. The van der Waals surface area contributed by atoms with Crippen LogP contribution in [0.2, 0.25) is 0 Å². The molecule has 28 heavy (non-hydrogen) atoms. The SMILES string of the molecule is C[C@@H](NC(=O)c1cccc(N2CCN(C)CC2)c1)c1cccc2ccccc12. The Morgan fingerprint density at radius 3 is 2.46 bits per heavy atom. The van der Waals surface area contributed by atoms with Crippen molar-refractivity contribution in [3.05, 3.63) is 77.9 Å². The van der Waals surface area contributed by atoms with E-state index in [-0.39, 0.29) is 11.9 Å². The Bertz CT molecular complexity index is 971. The van der Waals surface area contributed by atoms with E-state index in [2.05, 4.69) is 52.5 Å². The molecule has 1 amide bonds. The second kappa shape index (κ2) is 8.03. The predicted molar refractivity (Wildman–Crippen MR) is 116 cm³/mol. The third-order valence-electron chi connectivity index (χ3n) is 5.61. The summed E-state index contributed by atoms with van der Waals surface area (Å²) in [6, 6.07) is 22.5. The Kier molecular flexibility index (Phi) is 5.31. The van der Waals surface area contributed by atoms with Gasteiger partial charge in [0.25, 0.3) is 5.91 Å². The van der Waals surface area contributed by atoms with Gasteiger partial charge in [0, 0.05) is 37.4 Å². The minimum atomic E-state index is -0.0640. The van der Waals surface area contributed by atoms with Gasteiger partial charge in [-0.15, -0.1) is 0 Å². The average Bonchev–Trinajstić information content (AvgIpc) is 2.74. The first-order valence-corrected chi connectivity index (χ1v) is 9.94. The molecule has 1 aliphatic rings. The highest BCUT2D eigenvalue weighted by molar-refractivity contribution is 5.96. The van der Waals surface area contributed by atoms with Crippen LogP contribution in [0.1, 0.15) is 28.9 Å². The molecule has 0 unspecified atom stereocenters. The molecule has 1 saturated heterocycles. The first kappa shape index (κ1) is 18.5. The molecule has 3 aromatic rings. The number of anilines is 1. The second-order valence-electron chi connectivity index (χ2n) is 7.60. The molecule has 4 heteroatoms. The lowest BCUT2D eigenvalue weighted by Gasteiger charge is -2.34. The third-order valence-corrected chi connectivity index (χ3v) is 5.61. The van der Waals surface area contributed by atoms with Crippen LogP contribution in [0, 0.1) is 0 Å². The van der Waals surface area contributed by atoms with Crippen LogP contribution in [0.3, 0.4) is 0 Å². The maximum atomic E-state index is 12.9. The molecule has 144 valence electrons. The number of hydrogen-bond donors (Lipinski definition) is 1. The molecular formula is C24H27N3O. The summed E-state index contributed by atoms with van der Waals surface area (Å²) in [5.74, 6) is -0.0311. The fourth-order valence-corrected chi connectivity index (χ4v) is 3.89. The van der Waals surface area contributed by atoms with Gasteiger partial charge in [0.2, 0.25) is 0 Å². The van der Waals surface area contributed by atoms with E-state index in [9.17, 15) is 4.79 Å². The number of likely N-dealkylation sites (N-methyl/N-ethyl adjacent to an activating group) is 1. The smallest absolute Gasteiger partial charge is 0.251 e. The molecule has 1 fully saturated rings. The van der Waals surface area contributed by atoms with Crippen molar-refractivity contribution in [3.8, 4) is 0 Å². The summed E-state index contributed by atoms with van der Waals surface area (Å²) in [4.78, 5) is 17.6. The van der Waals surface area contributed by atoms with Gasteiger partial charge < -0.3 is 15.1 Å². The summed E-state index contributed by atoms with van der Waals surface area (Å²) in [6.07, 6.45) is 0.